The lowest BCUT2D eigenvalue weighted by Gasteiger charge is -2.14. The van der Waals surface area contributed by atoms with Crippen LogP contribution in [-0.4, -0.2) is 23.9 Å². The van der Waals surface area contributed by atoms with Crippen LogP contribution in [0.4, 0.5) is 0 Å². The molecule has 0 fully saturated rings. The molecule has 2 heteroatoms. The molecule has 0 aliphatic heterocycles. The van der Waals surface area contributed by atoms with Gasteiger partial charge in [-0.1, -0.05) is 5.92 Å². The summed E-state index contributed by atoms with van der Waals surface area (Å²) in [5.74, 6) is 3.37. The SMILES string of the molecule is CS(C)(C)C#Cc1ccc(O)cc1. The lowest BCUT2D eigenvalue weighted by atomic mass is 10.2. The van der Waals surface area contributed by atoms with Gasteiger partial charge in [-0.25, -0.2) is 0 Å². The van der Waals surface area contributed by atoms with Crippen molar-refractivity contribution in [2.75, 3.05) is 18.8 Å². The average Bonchev–Trinajstić information content (AvgIpc) is 2.02. The summed E-state index contributed by atoms with van der Waals surface area (Å²) < 4.78 is 0. The Kier molecular flexibility index (Phi) is 2.90. The molecule has 0 atom stereocenters. The van der Waals surface area contributed by atoms with Crippen LogP contribution >= 0.6 is 10.0 Å². The van der Waals surface area contributed by atoms with Crippen LogP contribution in [0.5, 0.6) is 5.75 Å². The van der Waals surface area contributed by atoms with Crippen molar-refractivity contribution in [1.29, 1.82) is 0 Å². The van der Waals surface area contributed by atoms with E-state index in [0.717, 1.165) is 5.56 Å². The molecule has 0 bridgehead atoms. The van der Waals surface area contributed by atoms with E-state index in [1.807, 2.05) is 12.1 Å². The molecule has 0 unspecified atom stereocenters. The Labute approximate surface area is 81.1 Å². The standard InChI is InChI=1S/C11H14OS/c1-13(2,3)9-8-10-4-6-11(12)7-5-10/h4-7,12H,1-3H3. The topological polar surface area (TPSA) is 20.2 Å². The molecular weight excluding hydrogens is 180 g/mol. The zero-order valence-electron chi connectivity index (χ0n) is 8.16. The molecule has 0 aromatic heterocycles. The van der Waals surface area contributed by atoms with E-state index in [0.29, 0.717) is 0 Å². The number of benzene rings is 1. The molecule has 1 aromatic carbocycles. The molecule has 1 rings (SSSR count). The number of phenolic OH excluding ortho intramolecular Hbond substituents is 1. The van der Waals surface area contributed by atoms with Gasteiger partial charge >= 0.3 is 0 Å². The Balaban J connectivity index is 2.85. The van der Waals surface area contributed by atoms with Crippen LogP contribution in [0.3, 0.4) is 0 Å². The first kappa shape index (κ1) is 10.0. The average molecular weight is 194 g/mol. The van der Waals surface area contributed by atoms with Crippen molar-refractivity contribution in [3.8, 4) is 16.9 Å². The summed E-state index contributed by atoms with van der Waals surface area (Å²) >= 11 is 0. The first-order chi connectivity index (χ1) is 5.97. The minimum atomic E-state index is -0.756. The molecule has 0 radical (unpaired) electrons. The summed E-state index contributed by atoms with van der Waals surface area (Å²) in [7, 11) is -0.756. The fraction of sp³-hybridized carbons (Fsp3) is 0.273. The molecule has 0 spiro atoms. The normalized spacial score (nSPS) is 11.6. The first-order valence-electron chi connectivity index (χ1n) is 3.97. The van der Waals surface area contributed by atoms with Gasteiger partial charge in [-0.05, 0) is 48.3 Å². The van der Waals surface area contributed by atoms with Crippen LogP contribution in [0.2, 0.25) is 0 Å². The van der Waals surface area contributed by atoms with Crippen LogP contribution in [0.25, 0.3) is 0 Å². The van der Waals surface area contributed by atoms with E-state index in [9.17, 15) is 0 Å². The van der Waals surface area contributed by atoms with Crippen LogP contribution < -0.4 is 0 Å². The molecule has 1 aromatic rings. The van der Waals surface area contributed by atoms with Crippen molar-refractivity contribution in [2.45, 2.75) is 0 Å². The Morgan fingerprint density at radius 3 is 2.08 bits per heavy atom. The Morgan fingerprint density at radius 1 is 1.08 bits per heavy atom. The van der Waals surface area contributed by atoms with E-state index in [-0.39, 0.29) is 5.75 Å². The van der Waals surface area contributed by atoms with Gasteiger partial charge in [0.25, 0.3) is 0 Å². The fourth-order valence-electron chi connectivity index (χ4n) is 0.757. The zero-order chi connectivity index (χ0) is 9.90. The largest absolute Gasteiger partial charge is 0.508 e. The molecular formula is C11H14OS. The molecule has 70 valence electrons. The minimum Gasteiger partial charge on any atom is -0.508 e. The Bertz CT molecular complexity index is 335. The molecule has 0 heterocycles. The monoisotopic (exact) mass is 194 g/mol. The second-order valence-electron chi connectivity index (χ2n) is 3.61. The van der Waals surface area contributed by atoms with Gasteiger partial charge in [0.15, 0.2) is 0 Å². The molecule has 13 heavy (non-hydrogen) atoms. The second-order valence-corrected chi connectivity index (χ2v) is 7.49. The Hall–Kier alpha value is -1.07. The van der Waals surface area contributed by atoms with Crippen molar-refractivity contribution in [3.63, 3.8) is 0 Å². The predicted molar refractivity (Wildman–Crippen MR) is 60.3 cm³/mol. The number of hydrogen-bond acceptors (Lipinski definition) is 1. The van der Waals surface area contributed by atoms with Crippen LogP contribution in [0.15, 0.2) is 24.3 Å². The summed E-state index contributed by atoms with van der Waals surface area (Å²) in [5, 5.41) is 12.3. The second kappa shape index (κ2) is 3.76. The van der Waals surface area contributed by atoms with E-state index in [1.54, 1.807) is 12.1 Å². The van der Waals surface area contributed by atoms with Gasteiger partial charge in [0.1, 0.15) is 5.75 Å². The summed E-state index contributed by atoms with van der Waals surface area (Å²) in [6.07, 6.45) is 6.46. The molecule has 1 N–H and O–H groups in total. The van der Waals surface area contributed by atoms with Gasteiger partial charge in [-0.3, -0.25) is 0 Å². The van der Waals surface area contributed by atoms with Gasteiger partial charge in [0, 0.05) is 5.56 Å². The maximum Gasteiger partial charge on any atom is 0.115 e. The quantitative estimate of drug-likeness (QED) is 0.629. The van der Waals surface area contributed by atoms with Gasteiger partial charge in [-0.15, -0.1) is 0 Å². The number of phenols is 1. The van der Waals surface area contributed by atoms with Crippen molar-refractivity contribution in [3.05, 3.63) is 29.8 Å². The number of hydrogen-bond donors (Lipinski definition) is 1. The summed E-state index contributed by atoms with van der Waals surface area (Å²) in [6.45, 7) is 0. The fourth-order valence-corrected chi connectivity index (χ4v) is 1.18. The minimum absolute atomic E-state index is 0.286. The van der Waals surface area contributed by atoms with Crippen LogP contribution in [-0.2, 0) is 0 Å². The Morgan fingerprint density at radius 2 is 1.62 bits per heavy atom. The van der Waals surface area contributed by atoms with Crippen molar-refractivity contribution in [2.24, 2.45) is 0 Å². The van der Waals surface area contributed by atoms with Crippen LogP contribution in [0.1, 0.15) is 5.56 Å². The van der Waals surface area contributed by atoms with Crippen molar-refractivity contribution < 1.29 is 5.11 Å². The van der Waals surface area contributed by atoms with Crippen molar-refractivity contribution >= 4 is 10.0 Å². The van der Waals surface area contributed by atoms with E-state index in [4.69, 9.17) is 5.11 Å². The maximum absolute atomic E-state index is 9.04. The number of aromatic hydroxyl groups is 1. The lowest BCUT2D eigenvalue weighted by molar-refractivity contribution is 0.475. The molecule has 0 amide bonds. The highest BCUT2D eigenvalue weighted by Gasteiger charge is 1.95. The van der Waals surface area contributed by atoms with Gasteiger partial charge < -0.3 is 5.11 Å². The molecule has 0 aliphatic rings. The molecule has 0 saturated heterocycles. The summed E-state index contributed by atoms with van der Waals surface area (Å²) in [6, 6.07) is 6.96. The smallest absolute Gasteiger partial charge is 0.115 e. The predicted octanol–water partition coefficient (Wildman–Crippen LogP) is 2.40. The zero-order valence-corrected chi connectivity index (χ0v) is 8.98. The molecule has 0 saturated carbocycles. The van der Waals surface area contributed by atoms with E-state index < -0.39 is 10.0 Å². The third-order valence-electron chi connectivity index (χ3n) is 1.37. The van der Waals surface area contributed by atoms with E-state index in [1.165, 1.54) is 0 Å². The third kappa shape index (κ3) is 3.91. The van der Waals surface area contributed by atoms with E-state index >= 15 is 0 Å². The first-order valence-corrected chi connectivity index (χ1v) is 6.83. The lowest BCUT2D eigenvalue weighted by Crippen LogP contribution is -1.85. The highest BCUT2D eigenvalue weighted by Crippen LogP contribution is 2.32. The van der Waals surface area contributed by atoms with Gasteiger partial charge in [-0.2, -0.15) is 10.0 Å². The highest BCUT2D eigenvalue weighted by molar-refractivity contribution is 8.35. The summed E-state index contributed by atoms with van der Waals surface area (Å²) in [5.41, 5.74) is 0.959. The molecule has 0 aliphatic carbocycles. The summed E-state index contributed by atoms with van der Waals surface area (Å²) in [4.78, 5) is 0. The van der Waals surface area contributed by atoms with Crippen molar-refractivity contribution in [1.82, 2.24) is 0 Å². The number of rotatable bonds is 0. The van der Waals surface area contributed by atoms with E-state index in [2.05, 4.69) is 29.9 Å². The maximum atomic E-state index is 9.04. The third-order valence-corrected chi connectivity index (χ3v) is 2.08. The van der Waals surface area contributed by atoms with Crippen LogP contribution in [0, 0.1) is 11.2 Å². The highest BCUT2D eigenvalue weighted by atomic mass is 32.3. The molecule has 1 nitrogen and oxygen atoms in total. The van der Waals surface area contributed by atoms with Gasteiger partial charge in [0.2, 0.25) is 0 Å². The van der Waals surface area contributed by atoms with Gasteiger partial charge in [0.05, 0.1) is 0 Å².